The molecule has 1 aromatic carbocycles. The van der Waals surface area contributed by atoms with Gasteiger partial charge in [-0.25, -0.2) is 13.2 Å². The summed E-state index contributed by atoms with van der Waals surface area (Å²) in [6, 6.07) is 6.32. The summed E-state index contributed by atoms with van der Waals surface area (Å²) in [5.74, 6) is -0.126. The molecule has 10 heteroatoms. The first-order valence-corrected chi connectivity index (χ1v) is 12.4. The Morgan fingerprint density at radius 2 is 1.67 bits per heavy atom. The molecule has 9 nitrogen and oxygen atoms in total. The number of nitrogens with one attached hydrogen (secondary N) is 1. The zero-order valence-electron chi connectivity index (χ0n) is 19.7. The van der Waals surface area contributed by atoms with Gasteiger partial charge in [-0.1, -0.05) is 0 Å². The van der Waals surface area contributed by atoms with E-state index in [2.05, 4.69) is 4.98 Å². The zero-order chi connectivity index (χ0) is 24.3. The van der Waals surface area contributed by atoms with Gasteiger partial charge in [0.2, 0.25) is 10.0 Å². The minimum absolute atomic E-state index is 0.183. The van der Waals surface area contributed by atoms with Crippen LogP contribution in [0.3, 0.4) is 0 Å². The van der Waals surface area contributed by atoms with Crippen LogP contribution in [0.4, 0.5) is 0 Å². The zero-order valence-corrected chi connectivity index (χ0v) is 20.5. The number of nitrogens with zero attached hydrogens (tertiary/aromatic N) is 2. The van der Waals surface area contributed by atoms with Crippen LogP contribution in [0.2, 0.25) is 0 Å². The molecule has 1 aromatic heterocycles. The minimum atomic E-state index is -3.67. The number of esters is 1. The number of carbonyl (C=O) groups excluding carboxylic acids is 2. The minimum Gasteiger partial charge on any atom is -0.494 e. The van der Waals surface area contributed by atoms with Gasteiger partial charge >= 0.3 is 5.97 Å². The Morgan fingerprint density at radius 1 is 1.06 bits per heavy atom. The summed E-state index contributed by atoms with van der Waals surface area (Å²) in [7, 11) is -3.67. The first kappa shape index (κ1) is 24.8. The number of ether oxygens (including phenoxy) is 2. The molecule has 180 valence electrons. The molecule has 0 radical (unpaired) electrons. The number of hydrogen-bond acceptors (Lipinski definition) is 6. The van der Waals surface area contributed by atoms with Gasteiger partial charge in [-0.3, -0.25) is 4.79 Å². The van der Waals surface area contributed by atoms with E-state index in [4.69, 9.17) is 9.47 Å². The number of sulfonamides is 1. The fraction of sp³-hybridized carbons (Fsp3) is 0.478. The van der Waals surface area contributed by atoms with Gasteiger partial charge < -0.3 is 19.4 Å². The second-order valence-corrected chi connectivity index (χ2v) is 10.1. The highest BCUT2D eigenvalue weighted by atomic mass is 32.2. The summed E-state index contributed by atoms with van der Waals surface area (Å²) in [5.41, 5.74) is 1.79. The number of aryl methyl sites for hydroxylation is 1. The molecule has 2 heterocycles. The number of hydrogen-bond donors (Lipinski definition) is 1. The quantitative estimate of drug-likeness (QED) is 0.614. The molecule has 1 fully saturated rings. The number of piperazine rings is 1. The lowest BCUT2D eigenvalue weighted by molar-refractivity contribution is 0.0376. The van der Waals surface area contributed by atoms with Crippen LogP contribution in [-0.2, 0) is 14.8 Å². The van der Waals surface area contributed by atoms with Gasteiger partial charge in [-0.15, -0.1) is 0 Å². The Bertz CT molecular complexity index is 1110. The van der Waals surface area contributed by atoms with E-state index in [0.29, 0.717) is 34.9 Å². The van der Waals surface area contributed by atoms with E-state index in [-0.39, 0.29) is 43.1 Å². The summed E-state index contributed by atoms with van der Waals surface area (Å²) in [6.07, 6.45) is -0.268. The molecule has 0 unspecified atom stereocenters. The fourth-order valence-electron chi connectivity index (χ4n) is 3.86. The predicted octanol–water partition coefficient (Wildman–Crippen LogP) is 2.74. The summed E-state index contributed by atoms with van der Waals surface area (Å²) >= 11 is 0. The van der Waals surface area contributed by atoms with Crippen molar-refractivity contribution in [3.05, 3.63) is 46.8 Å². The first-order chi connectivity index (χ1) is 15.6. The highest BCUT2D eigenvalue weighted by molar-refractivity contribution is 7.89. The Hall–Kier alpha value is -2.85. The van der Waals surface area contributed by atoms with E-state index in [0.717, 1.165) is 0 Å². The van der Waals surface area contributed by atoms with Crippen LogP contribution in [0.25, 0.3) is 0 Å². The molecule has 2 aromatic rings. The number of aromatic amines is 1. The van der Waals surface area contributed by atoms with Gasteiger partial charge in [-0.05, 0) is 64.4 Å². The van der Waals surface area contributed by atoms with Crippen molar-refractivity contribution in [3.8, 4) is 5.75 Å². The van der Waals surface area contributed by atoms with Crippen molar-refractivity contribution in [1.82, 2.24) is 14.2 Å². The molecule has 1 aliphatic rings. The summed E-state index contributed by atoms with van der Waals surface area (Å²) < 4.78 is 38.0. The summed E-state index contributed by atoms with van der Waals surface area (Å²) in [4.78, 5) is 30.3. The summed E-state index contributed by atoms with van der Waals surface area (Å²) in [6.45, 7) is 10.2. The maximum Gasteiger partial charge on any atom is 0.340 e. The lowest BCUT2D eigenvalue weighted by Crippen LogP contribution is -2.50. The third-order valence-corrected chi connectivity index (χ3v) is 7.41. The van der Waals surface area contributed by atoms with Crippen LogP contribution >= 0.6 is 0 Å². The van der Waals surface area contributed by atoms with Crippen molar-refractivity contribution in [2.45, 2.75) is 45.6 Å². The normalized spacial score (nSPS) is 15.0. The molecule has 0 saturated carbocycles. The fourth-order valence-corrected chi connectivity index (χ4v) is 5.28. The number of amides is 1. The third kappa shape index (κ3) is 5.22. The maximum atomic E-state index is 13.1. The molecule has 0 bridgehead atoms. The van der Waals surface area contributed by atoms with Crippen LogP contribution in [0.5, 0.6) is 5.75 Å². The average molecular weight is 478 g/mol. The monoisotopic (exact) mass is 477 g/mol. The van der Waals surface area contributed by atoms with Gasteiger partial charge in [0, 0.05) is 31.9 Å². The van der Waals surface area contributed by atoms with Crippen LogP contribution in [0.1, 0.15) is 52.9 Å². The van der Waals surface area contributed by atoms with Gasteiger partial charge in [-0.2, -0.15) is 4.31 Å². The molecular formula is C23H31N3O6S. The number of H-pyrrole nitrogens is 1. The summed E-state index contributed by atoms with van der Waals surface area (Å²) in [5, 5.41) is 0. The van der Waals surface area contributed by atoms with Crippen molar-refractivity contribution < 1.29 is 27.5 Å². The van der Waals surface area contributed by atoms with E-state index in [9.17, 15) is 18.0 Å². The van der Waals surface area contributed by atoms with Crippen molar-refractivity contribution in [2.24, 2.45) is 0 Å². The molecule has 33 heavy (non-hydrogen) atoms. The van der Waals surface area contributed by atoms with Crippen LogP contribution in [0.15, 0.2) is 29.2 Å². The third-order valence-electron chi connectivity index (χ3n) is 5.50. The highest BCUT2D eigenvalue weighted by Crippen LogP contribution is 2.24. The Balaban J connectivity index is 1.69. The predicted molar refractivity (Wildman–Crippen MR) is 123 cm³/mol. The van der Waals surface area contributed by atoms with Crippen molar-refractivity contribution >= 4 is 21.9 Å². The molecule has 0 atom stereocenters. The molecular weight excluding hydrogens is 446 g/mol. The van der Waals surface area contributed by atoms with Crippen molar-refractivity contribution in [1.29, 1.82) is 0 Å². The van der Waals surface area contributed by atoms with E-state index in [1.54, 1.807) is 44.7 Å². The Kier molecular flexibility index (Phi) is 7.48. The SMILES string of the molecule is CCOc1ccc(S(=O)(=O)N2CCN(C(=O)c3[nH]c(C)c(C(=O)OC(C)C)c3C)CC2)cc1. The molecule has 0 aliphatic carbocycles. The van der Waals surface area contributed by atoms with E-state index >= 15 is 0 Å². The highest BCUT2D eigenvalue weighted by Gasteiger charge is 2.32. The van der Waals surface area contributed by atoms with Crippen molar-refractivity contribution in [3.63, 3.8) is 0 Å². The number of rotatable bonds is 7. The molecule has 1 saturated heterocycles. The number of aromatic nitrogens is 1. The molecule has 1 N–H and O–H groups in total. The molecule has 1 aliphatic heterocycles. The lowest BCUT2D eigenvalue weighted by atomic mass is 10.1. The topological polar surface area (TPSA) is 109 Å². The number of benzene rings is 1. The van der Waals surface area contributed by atoms with Gasteiger partial charge in [0.15, 0.2) is 0 Å². The van der Waals surface area contributed by atoms with Gasteiger partial charge in [0.05, 0.1) is 23.2 Å². The average Bonchev–Trinajstić information content (AvgIpc) is 3.07. The van der Waals surface area contributed by atoms with E-state index in [1.807, 2.05) is 6.92 Å². The van der Waals surface area contributed by atoms with Gasteiger partial charge in [0.25, 0.3) is 5.91 Å². The number of carbonyl (C=O) groups is 2. The molecule has 3 rings (SSSR count). The largest absolute Gasteiger partial charge is 0.494 e. The molecule has 1 amide bonds. The first-order valence-electron chi connectivity index (χ1n) is 11.0. The van der Waals surface area contributed by atoms with Crippen LogP contribution in [-0.4, -0.2) is 73.4 Å². The second kappa shape index (κ2) is 9.96. The van der Waals surface area contributed by atoms with Gasteiger partial charge in [0.1, 0.15) is 11.4 Å². The smallest absolute Gasteiger partial charge is 0.340 e. The lowest BCUT2D eigenvalue weighted by Gasteiger charge is -2.34. The second-order valence-electron chi connectivity index (χ2n) is 8.18. The van der Waals surface area contributed by atoms with E-state index < -0.39 is 16.0 Å². The van der Waals surface area contributed by atoms with Crippen LogP contribution < -0.4 is 4.74 Å². The molecule has 0 spiro atoms. The van der Waals surface area contributed by atoms with Crippen LogP contribution in [0, 0.1) is 13.8 Å². The van der Waals surface area contributed by atoms with Crippen molar-refractivity contribution in [2.75, 3.05) is 32.8 Å². The maximum absolute atomic E-state index is 13.1. The van der Waals surface area contributed by atoms with E-state index in [1.165, 1.54) is 16.4 Å². The standard InChI is InChI=1S/C23H31N3O6S/c1-6-31-18-7-9-19(10-8-18)33(29,30)26-13-11-25(12-14-26)22(27)21-16(4)20(17(5)24-21)23(28)32-15(2)3/h7-10,15,24H,6,11-14H2,1-5H3. The Labute approximate surface area is 194 Å². The Morgan fingerprint density at radius 3 is 2.21 bits per heavy atom.